The summed E-state index contributed by atoms with van der Waals surface area (Å²) in [6.07, 6.45) is 1.75. The van der Waals surface area contributed by atoms with Gasteiger partial charge >= 0.3 is 5.97 Å². The lowest BCUT2D eigenvalue weighted by atomic mass is 9.94. The van der Waals surface area contributed by atoms with Gasteiger partial charge in [-0.25, -0.2) is 9.79 Å². The van der Waals surface area contributed by atoms with E-state index in [9.17, 15) is 19.7 Å². The molecule has 10 nitrogen and oxygen atoms in total. The van der Waals surface area contributed by atoms with E-state index in [4.69, 9.17) is 14.2 Å². The molecule has 0 radical (unpaired) electrons. The Morgan fingerprint density at radius 3 is 2.57 bits per heavy atom. The van der Waals surface area contributed by atoms with Crippen LogP contribution in [0.3, 0.4) is 0 Å². The number of rotatable bonds is 10. The molecule has 0 N–H and O–H groups in total. The Morgan fingerprint density at radius 2 is 1.82 bits per heavy atom. The first kappa shape index (κ1) is 34.1. The largest absolute Gasteiger partial charge is 0.490 e. The maximum absolute atomic E-state index is 14.2. The standard InChI is InChI=1S/C37H32IN3O7S/c1-5-46-30-17-23(16-28(38)34(30)48-20-26-12-9-11-24-10-7-8-13-27(24)26)18-31-35(42)40-33(25-15-14-21(3)29(19-25)41(44)45)32(36(43)47-6-2)22(4)39-37(40)49-31/h7-19,33H,5-6,20H2,1-4H3/b31-18+/t33-/m0/s1. The van der Waals surface area contributed by atoms with Crippen molar-refractivity contribution in [1.82, 2.24) is 4.57 Å². The van der Waals surface area contributed by atoms with Crippen LogP contribution in [0.25, 0.3) is 16.8 Å². The number of halogens is 1. The number of carbonyl (C=O) groups excluding carboxylic acids is 1. The molecule has 49 heavy (non-hydrogen) atoms. The topological polar surface area (TPSA) is 122 Å². The molecule has 1 aromatic heterocycles. The Morgan fingerprint density at radius 1 is 1.04 bits per heavy atom. The first-order valence-electron chi connectivity index (χ1n) is 15.6. The molecule has 1 aliphatic heterocycles. The fourth-order valence-electron chi connectivity index (χ4n) is 5.89. The van der Waals surface area contributed by atoms with Crippen molar-refractivity contribution in [1.29, 1.82) is 0 Å². The molecule has 2 heterocycles. The van der Waals surface area contributed by atoms with Crippen molar-refractivity contribution in [3.63, 3.8) is 0 Å². The van der Waals surface area contributed by atoms with Crippen LogP contribution >= 0.6 is 33.9 Å². The van der Waals surface area contributed by atoms with Gasteiger partial charge < -0.3 is 14.2 Å². The van der Waals surface area contributed by atoms with Crippen LogP contribution in [0.1, 0.15) is 49.1 Å². The van der Waals surface area contributed by atoms with Crippen LogP contribution in [0, 0.1) is 20.6 Å². The van der Waals surface area contributed by atoms with Crippen molar-refractivity contribution in [2.45, 2.75) is 40.3 Å². The SMILES string of the molecule is CCOC(=O)C1=C(C)N=c2s/c(=C/c3cc(I)c(OCc4cccc5ccccc45)c(OCC)c3)c(=O)n2[C@H]1c1ccc(C)c([N+](=O)[O-])c1. The van der Waals surface area contributed by atoms with Crippen LogP contribution < -0.4 is 24.4 Å². The molecular weight excluding hydrogens is 757 g/mol. The summed E-state index contributed by atoms with van der Waals surface area (Å²) >= 11 is 3.38. The summed E-state index contributed by atoms with van der Waals surface area (Å²) in [5.41, 5.74) is 2.65. The molecule has 1 aliphatic rings. The Kier molecular flexibility index (Phi) is 9.97. The molecule has 0 spiro atoms. The summed E-state index contributed by atoms with van der Waals surface area (Å²) in [5, 5.41) is 14.1. The normalized spacial score (nSPS) is 14.4. The molecule has 12 heteroatoms. The zero-order chi connectivity index (χ0) is 34.8. The van der Waals surface area contributed by atoms with E-state index < -0.39 is 22.5 Å². The summed E-state index contributed by atoms with van der Waals surface area (Å²) in [5.74, 6) is 0.505. The minimum atomic E-state index is -0.972. The predicted octanol–water partition coefficient (Wildman–Crippen LogP) is 6.75. The first-order chi connectivity index (χ1) is 23.6. The van der Waals surface area contributed by atoms with Gasteiger partial charge in [0.05, 0.1) is 43.6 Å². The van der Waals surface area contributed by atoms with Gasteiger partial charge in [-0.15, -0.1) is 0 Å². The summed E-state index contributed by atoms with van der Waals surface area (Å²) in [6.45, 7) is 7.76. The maximum Gasteiger partial charge on any atom is 0.338 e. The number of fused-ring (bicyclic) bond motifs is 2. The molecule has 0 saturated heterocycles. The van der Waals surface area contributed by atoms with Gasteiger partial charge in [-0.05, 0) is 96.0 Å². The third kappa shape index (κ3) is 6.75. The zero-order valence-corrected chi connectivity index (χ0v) is 30.2. The number of nitrogens with zero attached hydrogens (tertiary/aromatic N) is 3. The number of esters is 1. The van der Waals surface area contributed by atoms with Gasteiger partial charge in [0.1, 0.15) is 6.61 Å². The molecule has 5 aromatic rings. The lowest BCUT2D eigenvalue weighted by molar-refractivity contribution is -0.385. The number of thiazole rings is 1. The highest BCUT2D eigenvalue weighted by molar-refractivity contribution is 14.1. The van der Waals surface area contributed by atoms with Crippen LogP contribution in [0.2, 0.25) is 0 Å². The smallest absolute Gasteiger partial charge is 0.338 e. The second kappa shape index (κ2) is 14.3. The summed E-state index contributed by atoms with van der Waals surface area (Å²) in [6, 6.07) is 21.8. The summed E-state index contributed by atoms with van der Waals surface area (Å²) in [7, 11) is 0. The lowest BCUT2D eigenvalue weighted by Gasteiger charge is -2.24. The maximum atomic E-state index is 14.2. The highest BCUT2D eigenvalue weighted by Gasteiger charge is 2.34. The van der Waals surface area contributed by atoms with Gasteiger partial charge in [0.2, 0.25) is 0 Å². The minimum Gasteiger partial charge on any atom is -0.490 e. The molecule has 0 amide bonds. The number of aryl methyl sites for hydroxylation is 1. The number of carbonyl (C=O) groups is 1. The number of ether oxygens (including phenoxy) is 3. The Bertz CT molecular complexity index is 2340. The quantitative estimate of drug-likeness (QED) is 0.0665. The molecule has 0 fully saturated rings. The number of benzene rings is 4. The fourth-order valence-corrected chi connectivity index (χ4v) is 7.72. The van der Waals surface area contributed by atoms with E-state index >= 15 is 0 Å². The van der Waals surface area contributed by atoms with Crippen molar-refractivity contribution < 1.29 is 23.9 Å². The monoisotopic (exact) mass is 789 g/mol. The third-order valence-corrected chi connectivity index (χ3v) is 9.93. The van der Waals surface area contributed by atoms with Gasteiger partial charge in [0.25, 0.3) is 11.2 Å². The first-order valence-corrected chi connectivity index (χ1v) is 17.5. The molecule has 4 aromatic carbocycles. The minimum absolute atomic E-state index is 0.113. The van der Waals surface area contributed by atoms with Crippen molar-refractivity contribution in [2.75, 3.05) is 13.2 Å². The van der Waals surface area contributed by atoms with Crippen molar-refractivity contribution in [2.24, 2.45) is 4.99 Å². The molecule has 0 bridgehead atoms. The number of hydrogen-bond acceptors (Lipinski definition) is 9. The van der Waals surface area contributed by atoms with Crippen LogP contribution in [0.5, 0.6) is 11.5 Å². The van der Waals surface area contributed by atoms with E-state index in [0.29, 0.717) is 56.4 Å². The Balaban J connectivity index is 1.43. The number of aromatic nitrogens is 1. The number of hydrogen-bond donors (Lipinski definition) is 0. The Labute approximate surface area is 299 Å². The van der Waals surface area contributed by atoms with Crippen molar-refractivity contribution in [3.05, 3.63) is 140 Å². The second-order valence-corrected chi connectivity index (χ2v) is 13.5. The van der Waals surface area contributed by atoms with Crippen LogP contribution in [-0.2, 0) is 16.1 Å². The predicted molar refractivity (Wildman–Crippen MR) is 197 cm³/mol. The molecule has 0 saturated carbocycles. The number of allylic oxidation sites excluding steroid dienone is 1. The molecule has 0 unspecified atom stereocenters. The second-order valence-electron chi connectivity index (χ2n) is 11.3. The van der Waals surface area contributed by atoms with Crippen LogP contribution in [-0.4, -0.2) is 28.7 Å². The van der Waals surface area contributed by atoms with E-state index in [0.717, 1.165) is 19.9 Å². The fraction of sp³-hybridized carbons (Fsp3) is 0.216. The lowest BCUT2D eigenvalue weighted by Crippen LogP contribution is -2.40. The van der Waals surface area contributed by atoms with Gasteiger partial charge in [-0.1, -0.05) is 65.9 Å². The van der Waals surface area contributed by atoms with Crippen molar-refractivity contribution in [3.8, 4) is 11.5 Å². The molecule has 6 rings (SSSR count). The molecule has 1 atom stereocenters. The highest BCUT2D eigenvalue weighted by Crippen LogP contribution is 2.36. The highest BCUT2D eigenvalue weighted by atomic mass is 127. The summed E-state index contributed by atoms with van der Waals surface area (Å²) in [4.78, 5) is 43.8. The number of nitro groups is 1. The zero-order valence-electron chi connectivity index (χ0n) is 27.2. The van der Waals surface area contributed by atoms with Crippen LogP contribution in [0.4, 0.5) is 5.69 Å². The van der Waals surface area contributed by atoms with Gasteiger partial charge in [-0.2, -0.15) is 0 Å². The molecular formula is C37H32IN3O7S. The van der Waals surface area contributed by atoms with Gasteiger partial charge in [-0.3, -0.25) is 19.5 Å². The third-order valence-electron chi connectivity index (χ3n) is 8.14. The molecule has 250 valence electrons. The van der Waals surface area contributed by atoms with E-state index in [2.05, 4.69) is 45.8 Å². The van der Waals surface area contributed by atoms with Gasteiger partial charge in [0, 0.05) is 11.6 Å². The van der Waals surface area contributed by atoms with E-state index in [-0.39, 0.29) is 17.9 Å². The van der Waals surface area contributed by atoms with Gasteiger partial charge in [0.15, 0.2) is 16.3 Å². The van der Waals surface area contributed by atoms with E-state index in [1.165, 1.54) is 22.0 Å². The number of nitro benzene ring substituents is 1. The van der Waals surface area contributed by atoms with E-state index in [1.807, 2.05) is 43.3 Å². The summed E-state index contributed by atoms with van der Waals surface area (Å²) < 4.78 is 20.3. The van der Waals surface area contributed by atoms with Crippen LogP contribution in [0.15, 0.2) is 93.9 Å². The molecule has 0 aliphatic carbocycles. The van der Waals surface area contributed by atoms with E-state index in [1.54, 1.807) is 39.0 Å². The average molecular weight is 790 g/mol. The Hall–Kier alpha value is -4.82. The average Bonchev–Trinajstić information content (AvgIpc) is 3.37. The van der Waals surface area contributed by atoms with Crippen molar-refractivity contribution >= 4 is 62.4 Å².